The van der Waals surface area contributed by atoms with E-state index in [1.165, 1.54) is 18.2 Å². The lowest BCUT2D eigenvalue weighted by Crippen LogP contribution is -2.19. The first kappa shape index (κ1) is 15.2. The number of esters is 1. The van der Waals surface area contributed by atoms with Crippen LogP contribution >= 0.6 is 0 Å². The largest absolute Gasteiger partial charge is 0.465 e. The van der Waals surface area contributed by atoms with Crippen molar-refractivity contribution in [2.45, 2.75) is 26.4 Å². The molecule has 4 nitrogen and oxygen atoms in total. The number of carbonyl (C=O) groups is 1. The second-order valence-corrected chi connectivity index (χ2v) is 4.99. The highest BCUT2D eigenvalue weighted by Crippen LogP contribution is 2.17. The summed E-state index contributed by atoms with van der Waals surface area (Å²) in [4.78, 5) is 15.6. The highest BCUT2D eigenvalue weighted by Gasteiger charge is 2.09. The number of pyridine rings is 1. The van der Waals surface area contributed by atoms with Crippen LogP contribution < -0.4 is 5.32 Å². The molecule has 1 aromatic heterocycles. The summed E-state index contributed by atoms with van der Waals surface area (Å²) < 4.78 is 4.65. The molecule has 0 radical (unpaired) electrons. The molecule has 2 rings (SSSR count). The van der Waals surface area contributed by atoms with E-state index in [0.717, 1.165) is 5.69 Å². The molecule has 2 aromatic rings. The highest BCUT2D eigenvalue weighted by atomic mass is 16.5. The van der Waals surface area contributed by atoms with Crippen molar-refractivity contribution >= 4 is 5.97 Å². The molecule has 0 fully saturated rings. The third kappa shape index (κ3) is 3.89. The van der Waals surface area contributed by atoms with Crippen LogP contribution in [-0.2, 0) is 11.3 Å². The van der Waals surface area contributed by atoms with Crippen LogP contribution in [0.2, 0.25) is 0 Å². The molecule has 0 saturated carbocycles. The van der Waals surface area contributed by atoms with Crippen LogP contribution in [0.1, 0.15) is 40.1 Å². The van der Waals surface area contributed by atoms with E-state index in [4.69, 9.17) is 0 Å². The van der Waals surface area contributed by atoms with E-state index in [0.29, 0.717) is 12.1 Å². The maximum atomic E-state index is 11.3. The fourth-order valence-corrected chi connectivity index (χ4v) is 2.21. The van der Waals surface area contributed by atoms with Crippen LogP contribution in [0.25, 0.3) is 0 Å². The minimum Gasteiger partial charge on any atom is -0.465 e. The molecule has 0 saturated heterocycles. The summed E-state index contributed by atoms with van der Waals surface area (Å²) in [5, 5.41) is 3.44. The normalized spacial score (nSPS) is 12.0. The summed E-state index contributed by atoms with van der Waals surface area (Å²) in [5.41, 5.74) is 3.91. The molecule has 1 N–H and O–H groups in total. The molecule has 0 spiro atoms. The number of nitrogens with zero attached hydrogens (tertiary/aromatic N) is 1. The van der Waals surface area contributed by atoms with Crippen LogP contribution in [0.15, 0.2) is 42.6 Å². The van der Waals surface area contributed by atoms with Crippen molar-refractivity contribution in [3.63, 3.8) is 0 Å². The number of aromatic nitrogens is 1. The Bertz CT molecular complexity index is 608. The second kappa shape index (κ2) is 6.99. The average Bonchev–Trinajstić information content (AvgIpc) is 2.52. The Hall–Kier alpha value is -2.20. The van der Waals surface area contributed by atoms with Crippen LogP contribution in [0.5, 0.6) is 0 Å². The first-order chi connectivity index (χ1) is 10.1. The fourth-order valence-electron chi connectivity index (χ4n) is 2.21. The first-order valence-corrected chi connectivity index (χ1v) is 6.94. The summed E-state index contributed by atoms with van der Waals surface area (Å²) >= 11 is 0. The molecular formula is C17H20N2O2. The first-order valence-electron chi connectivity index (χ1n) is 6.94. The lowest BCUT2D eigenvalue weighted by atomic mass is 10.0. The Morgan fingerprint density at radius 1 is 1.29 bits per heavy atom. The fraction of sp³-hybridized carbons (Fsp3) is 0.294. The van der Waals surface area contributed by atoms with Gasteiger partial charge >= 0.3 is 5.97 Å². The molecule has 110 valence electrons. The molecule has 4 heteroatoms. The molecule has 21 heavy (non-hydrogen) atoms. The average molecular weight is 284 g/mol. The van der Waals surface area contributed by atoms with E-state index in [-0.39, 0.29) is 12.0 Å². The Morgan fingerprint density at radius 2 is 2.05 bits per heavy atom. The van der Waals surface area contributed by atoms with Gasteiger partial charge in [0.2, 0.25) is 0 Å². The predicted molar refractivity (Wildman–Crippen MR) is 82.0 cm³/mol. The zero-order valence-electron chi connectivity index (χ0n) is 12.6. The Kier molecular flexibility index (Phi) is 5.06. The van der Waals surface area contributed by atoms with Crippen molar-refractivity contribution in [1.29, 1.82) is 0 Å². The van der Waals surface area contributed by atoms with Gasteiger partial charge in [-0.2, -0.15) is 0 Å². The molecule has 0 amide bonds. The summed E-state index contributed by atoms with van der Waals surface area (Å²) in [7, 11) is 1.36. The van der Waals surface area contributed by atoms with E-state index in [1.807, 2.05) is 18.2 Å². The molecule has 0 aliphatic heterocycles. The van der Waals surface area contributed by atoms with Gasteiger partial charge in [0.1, 0.15) is 0 Å². The summed E-state index contributed by atoms with van der Waals surface area (Å²) in [6.45, 7) is 4.89. The molecular weight excluding hydrogens is 264 g/mol. The number of ether oxygens (including phenoxy) is 1. The van der Waals surface area contributed by atoms with Gasteiger partial charge in [-0.1, -0.05) is 24.3 Å². The molecule has 0 unspecified atom stereocenters. The number of nitrogens with one attached hydrogen (secondary N) is 1. The van der Waals surface area contributed by atoms with Crippen LogP contribution in [0.3, 0.4) is 0 Å². The zero-order chi connectivity index (χ0) is 15.2. The number of carbonyl (C=O) groups excluding carboxylic acids is 1. The number of hydrogen-bond acceptors (Lipinski definition) is 4. The SMILES string of the molecule is COC(=O)c1ccc(CN[C@@H](C)c2ccccc2C)nc1. The van der Waals surface area contributed by atoms with Gasteiger partial charge in [-0.3, -0.25) is 4.98 Å². The van der Waals surface area contributed by atoms with E-state index in [1.54, 1.807) is 12.3 Å². The van der Waals surface area contributed by atoms with Crippen molar-refractivity contribution in [3.8, 4) is 0 Å². The minimum atomic E-state index is -0.365. The third-order valence-electron chi connectivity index (χ3n) is 3.49. The summed E-state index contributed by atoms with van der Waals surface area (Å²) in [5.74, 6) is -0.365. The Balaban J connectivity index is 1.97. The molecule has 1 heterocycles. The van der Waals surface area contributed by atoms with Crippen molar-refractivity contribution in [2.75, 3.05) is 7.11 Å². The predicted octanol–water partition coefficient (Wildman–Crippen LogP) is 3.03. The van der Waals surface area contributed by atoms with Gasteiger partial charge < -0.3 is 10.1 Å². The van der Waals surface area contributed by atoms with Gasteiger partial charge in [0.15, 0.2) is 0 Å². The van der Waals surface area contributed by atoms with Gasteiger partial charge in [0, 0.05) is 18.8 Å². The molecule has 1 aromatic carbocycles. The van der Waals surface area contributed by atoms with Gasteiger partial charge in [-0.15, -0.1) is 0 Å². The monoisotopic (exact) mass is 284 g/mol. The molecule has 0 aliphatic carbocycles. The van der Waals surface area contributed by atoms with Crippen molar-refractivity contribution < 1.29 is 9.53 Å². The standard InChI is InChI=1S/C17H20N2O2/c1-12-6-4-5-7-16(12)13(2)18-11-15-9-8-14(10-19-15)17(20)21-3/h4-10,13,18H,11H2,1-3H3/t13-/m0/s1. The quantitative estimate of drug-likeness (QED) is 0.857. The van der Waals surface area contributed by atoms with Crippen LogP contribution in [-0.4, -0.2) is 18.1 Å². The molecule has 0 bridgehead atoms. The van der Waals surface area contributed by atoms with Gasteiger partial charge in [0.05, 0.1) is 18.4 Å². The van der Waals surface area contributed by atoms with E-state index in [2.05, 4.69) is 41.0 Å². The zero-order valence-corrected chi connectivity index (χ0v) is 12.6. The Labute approximate surface area is 125 Å². The van der Waals surface area contributed by atoms with Gasteiger partial charge in [-0.05, 0) is 37.1 Å². The number of methoxy groups -OCH3 is 1. The second-order valence-electron chi connectivity index (χ2n) is 4.99. The molecule has 0 aliphatic rings. The Morgan fingerprint density at radius 3 is 2.67 bits per heavy atom. The van der Waals surface area contributed by atoms with Crippen molar-refractivity contribution in [1.82, 2.24) is 10.3 Å². The van der Waals surface area contributed by atoms with Crippen LogP contribution in [0.4, 0.5) is 0 Å². The summed E-state index contributed by atoms with van der Waals surface area (Å²) in [6.07, 6.45) is 1.54. The van der Waals surface area contributed by atoms with Crippen LogP contribution in [0, 0.1) is 6.92 Å². The van der Waals surface area contributed by atoms with E-state index in [9.17, 15) is 4.79 Å². The highest BCUT2D eigenvalue weighted by molar-refractivity contribution is 5.88. The smallest absolute Gasteiger partial charge is 0.339 e. The summed E-state index contributed by atoms with van der Waals surface area (Å²) in [6, 6.07) is 12.1. The van der Waals surface area contributed by atoms with Crippen molar-refractivity contribution in [3.05, 3.63) is 65.0 Å². The topological polar surface area (TPSA) is 51.2 Å². The van der Waals surface area contributed by atoms with Gasteiger partial charge in [-0.25, -0.2) is 4.79 Å². The van der Waals surface area contributed by atoms with Crippen molar-refractivity contribution in [2.24, 2.45) is 0 Å². The van der Waals surface area contributed by atoms with E-state index >= 15 is 0 Å². The number of hydrogen-bond donors (Lipinski definition) is 1. The lowest BCUT2D eigenvalue weighted by molar-refractivity contribution is 0.0600. The van der Waals surface area contributed by atoms with Gasteiger partial charge in [0.25, 0.3) is 0 Å². The maximum Gasteiger partial charge on any atom is 0.339 e. The number of aryl methyl sites for hydroxylation is 1. The molecule has 1 atom stereocenters. The lowest BCUT2D eigenvalue weighted by Gasteiger charge is -2.16. The van der Waals surface area contributed by atoms with E-state index < -0.39 is 0 Å². The number of rotatable bonds is 5. The maximum absolute atomic E-state index is 11.3. The minimum absolute atomic E-state index is 0.244. The third-order valence-corrected chi connectivity index (χ3v) is 3.49. The number of benzene rings is 1.